The number of nitro groups is 1. The van der Waals surface area contributed by atoms with Crippen LogP contribution in [0.2, 0.25) is 10.3 Å². The van der Waals surface area contributed by atoms with Crippen LogP contribution in [0.1, 0.15) is 5.56 Å². The Labute approximate surface area is 118 Å². The summed E-state index contributed by atoms with van der Waals surface area (Å²) >= 11 is 11.5. The van der Waals surface area contributed by atoms with Crippen LogP contribution in [0.3, 0.4) is 0 Å². The summed E-state index contributed by atoms with van der Waals surface area (Å²) in [5.41, 5.74) is 1.22. The van der Waals surface area contributed by atoms with E-state index in [4.69, 9.17) is 23.2 Å². The maximum Gasteiger partial charge on any atom is 0.329 e. The van der Waals surface area contributed by atoms with Crippen molar-refractivity contribution in [1.29, 1.82) is 0 Å². The van der Waals surface area contributed by atoms with Gasteiger partial charge in [-0.3, -0.25) is 10.1 Å². The monoisotopic (exact) mass is 298 g/mol. The number of benzene rings is 1. The summed E-state index contributed by atoms with van der Waals surface area (Å²) in [5.74, 6) is 0.0235. The van der Waals surface area contributed by atoms with E-state index in [2.05, 4.69) is 15.3 Å². The van der Waals surface area contributed by atoms with Gasteiger partial charge in [-0.15, -0.1) is 0 Å². The Morgan fingerprint density at radius 3 is 2.79 bits per heavy atom. The Morgan fingerprint density at radius 2 is 2.11 bits per heavy atom. The summed E-state index contributed by atoms with van der Waals surface area (Å²) in [6, 6.07) is 5.17. The van der Waals surface area contributed by atoms with Crippen molar-refractivity contribution in [2.45, 2.75) is 6.92 Å². The highest BCUT2D eigenvalue weighted by atomic mass is 35.5. The molecule has 98 valence electrons. The molecule has 0 aliphatic rings. The molecule has 2 aromatic rings. The highest BCUT2D eigenvalue weighted by Gasteiger charge is 2.17. The summed E-state index contributed by atoms with van der Waals surface area (Å²) < 4.78 is 0. The highest BCUT2D eigenvalue weighted by molar-refractivity contribution is 6.31. The van der Waals surface area contributed by atoms with Crippen molar-refractivity contribution < 1.29 is 4.92 Å². The molecular weight excluding hydrogens is 291 g/mol. The number of hydrogen-bond donors (Lipinski definition) is 1. The van der Waals surface area contributed by atoms with Gasteiger partial charge in [-0.25, -0.2) is 4.98 Å². The Hall–Kier alpha value is -1.92. The quantitative estimate of drug-likeness (QED) is 0.530. The first kappa shape index (κ1) is 13.5. The van der Waals surface area contributed by atoms with Gasteiger partial charge in [0.25, 0.3) is 0 Å². The molecule has 0 aliphatic heterocycles. The highest BCUT2D eigenvalue weighted by Crippen LogP contribution is 2.28. The minimum Gasteiger partial charge on any atom is -0.334 e. The van der Waals surface area contributed by atoms with Crippen molar-refractivity contribution in [3.05, 3.63) is 50.4 Å². The smallest absolute Gasteiger partial charge is 0.329 e. The van der Waals surface area contributed by atoms with Crippen molar-refractivity contribution in [3.8, 4) is 0 Å². The molecule has 19 heavy (non-hydrogen) atoms. The predicted molar refractivity (Wildman–Crippen MR) is 73.2 cm³/mol. The van der Waals surface area contributed by atoms with Crippen LogP contribution in [0, 0.1) is 17.0 Å². The van der Waals surface area contributed by atoms with Gasteiger partial charge in [0.05, 0.1) is 4.92 Å². The van der Waals surface area contributed by atoms with Crippen LogP contribution in [0.15, 0.2) is 24.4 Å². The van der Waals surface area contributed by atoms with E-state index in [0.717, 1.165) is 11.8 Å². The first-order valence-corrected chi connectivity index (χ1v) is 5.93. The van der Waals surface area contributed by atoms with E-state index < -0.39 is 4.92 Å². The van der Waals surface area contributed by atoms with Crippen LogP contribution in [0.4, 0.5) is 17.2 Å². The van der Waals surface area contributed by atoms with Crippen molar-refractivity contribution in [3.63, 3.8) is 0 Å². The first-order chi connectivity index (χ1) is 8.97. The van der Waals surface area contributed by atoms with Crippen molar-refractivity contribution in [2.24, 2.45) is 0 Å². The fourth-order valence-corrected chi connectivity index (χ4v) is 1.74. The van der Waals surface area contributed by atoms with Crippen molar-refractivity contribution in [2.75, 3.05) is 5.32 Å². The predicted octanol–water partition coefficient (Wildman–Crippen LogP) is 3.74. The van der Waals surface area contributed by atoms with E-state index in [1.165, 1.54) is 0 Å². The maximum atomic E-state index is 10.9. The van der Waals surface area contributed by atoms with Crippen LogP contribution in [0.5, 0.6) is 0 Å². The molecule has 8 heteroatoms. The van der Waals surface area contributed by atoms with E-state index in [1.807, 2.05) is 6.92 Å². The molecule has 1 aromatic heterocycles. The van der Waals surface area contributed by atoms with E-state index >= 15 is 0 Å². The van der Waals surface area contributed by atoms with E-state index in [0.29, 0.717) is 10.7 Å². The van der Waals surface area contributed by atoms with Crippen LogP contribution in [-0.4, -0.2) is 14.9 Å². The molecule has 1 aromatic carbocycles. The molecule has 2 rings (SSSR count). The first-order valence-electron chi connectivity index (χ1n) is 5.17. The van der Waals surface area contributed by atoms with Crippen molar-refractivity contribution >= 4 is 40.4 Å². The molecule has 0 saturated heterocycles. The lowest BCUT2D eigenvalue weighted by atomic mass is 10.2. The van der Waals surface area contributed by atoms with Gasteiger partial charge in [0.1, 0.15) is 6.20 Å². The topological polar surface area (TPSA) is 81.0 Å². The zero-order valence-corrected chi connectivity index (χ0v) is 11.2. The van der Waals surface area contributed by atoms with Crippen LogP contribution in [0.25, 0.3) is 0 Å². The fraction of sp³-hybridized carbons (Fsp3) is 0.0909. The van der Waals surface area contributed by atoms with Gasteiger partial charge in [0.15, 0.2) is 0 Å². The van der Waals surface area contributed by atoms with E-state index in [1.54, 1.807) is 18.2 Å². The molecule has 0 amide bonds. The van der Waals surface area contributed by atoms with Gasteiger partial charge in [-0.2, -0.15) is 4.98 Å². The Balaban J connectivity index is 2.45. The average Bonchev–Trinajstić information content (AvgIpc) is 2.33. The number of nitrogens with zero attached hydrogens (tertiary/aromatic N) is 3. The molecule has 0 unspecified atom stereocenters. The van der Waals surface area contributed by atoms with Gasteiger partial charge in [0, 0.05) is 10.7 Å². The van der Waals surface area contributed by atoms with Crippen molar-refractivity contribution in [1.82, 2.24) is 9.97 Å². The maximum absolute atomic E-state index is 10.9. The number of rotatable bonds is 3. The number of aryl methyl sites for hydroxylation is 1. The molecule has 1 N–H and O–H groups in total. The third-order valence-electron chi connectivity index (χ3n) is 2.39. The summed E-state index contributed by atoms with van der Waals surface area (Å²) in [4.78, 5) is 17.7. The number of anilines is 2. The molecular formula is C11H8Cl2N4O2. The molecule has 6 nitrogen and oxygen atoms in total. The summed E-state index contributed by atoms with van der Waals surface area (Å²) in [6.45, 7) is 1.84. The van der Waals surface area contributed by atoms with Gasteiger partial charge < -0.3 is 5.32 Å². The minimum absolute atomic E-state index is 0.0235. The second-order valence-corrected chi connectivity index (χ2v) is 4.49. The average molecular weight is 299 g/mol. The fourth-order valence-electron chi connectivity index (χ4n) is 1.44. The van der Waals surface area contributed by atoms with Crippen LogP contribution in [-0.2, 0) is 0 Å². The summed E-state index contributed by atoms with van der Waals surface area (Å²) in [7, 11) is 0. The zero-order valence-electron chi connectivity index (χ0n) is 9.72. The summed E-state index contributed by atoms with van der Waals surface area (Å²) in [5, 5.41) is 14.2. The largest absolute Gasteiger partial charge is 0.334 e. The normalized spacial score (nSPS) is 10.3. The Bertz CT molecular complexity index is 649. The van der Waals surface area contributed by atoms with Gasteiger partial charge in [-0.1, -0.05) is 17.7 Å². The zero-order chi connectivity index (χ0) is 14.0. The van der Waals surface area contributed by atoms with Gasteiger partial charge in [0.2, 0.25) is 11.1 Å². The summed E-state index contributed by atoms with van der Waals surface area (Å²) in [6.07, 6.45) is 1.05. The second-order valence-electron chi connectivity index (χ2n) is 3.71. The molecule has 0 aliphatic carbocycles. The lowest BCUT2D eigenvalue weighted by Gasteiger charge is -2.09. The molecule has 1 heterocycles. The number of halogens is 2. The molecule has 0 saturated carbocycles. The minimum atomic E-state index is -0.585. The van der Waals surface area contributed by atoms with Gasteiger partial charge in [-0.05, 0) is 36.2 Å². The second kappa shape index (κ2) is 5.38. The molecule has 0 atom stereocenters. The van der Waals surface area contributed by atoms with Crippen LogP contribution < -0.4 is 5.32 Å². The number of nitrogens with one attached hydrogen (secondary N) is 1. The third-order valence-corrected chi connectivity index (χ3v) is 2.81. The van der Waals surface area contributed by atoms with Gasteiger partial charge >= 0.3 is 5.69 Å². The molecule has 0 bridgehead atoms. The lowest BCUT2D eigenvalue weighted by Crippen LogP contribution is -2.02. The number of hydrogen-bond acceptors (Lipinski definition) is 5. The lowest BCUT2D eigenvalue weighted by molar-refractivity contribution is -0.384. The molecule has 0 spiro atoms. The standard InChI is InChI=1S/C11H8Cl2N4O2/c1-6-2-3-7(12)4-8(6)15-10-9(17(18)19)5-14-11(13)16-10/h2-5H,1H3,(H,14,15,16). The Morgan fingerprint density at radius 1 is 1.37 bits per heavy atom. The Kier molecular flexibility index (Phi) is 3.82. The molecule has 0 fully saturated rings. The third kappa shape index (κ3) is 3.10. The van der Waals surface area contributed by atoms with Crippen LogP contribution >= 0.6 is 23.2 Å². The van der Waals surface area contributed by atoms with E-state index in [-0.39, 0.29) is 16.8 Å². The van der Waals surface area contributed by atoms with E-state index in [9.17, 15) is 10.1 Å². The molecule has 0 radical (unpaired) electrons. The number of aromatic nitrogens is 2. The SMILES string of the molecule is Cc1ccc(Cl)cc1Nc1nc(Cl)ncc1[N+](=O)[O-].